The molecule has 0 heterocycles. The second-order valence-corrected chi connectivity index (χ2v) is 5.33. The Kier molecular flexibility index (Phi) is 4.06. The first-order valence-corrected chi connectivity index (χ1v) is 6.75. The van der Waals surface area contributed by atoms with E-state index >= 15 is 0 Å². The maximum atomic E-state index is 13.0. The van der Waals surface area contributed by atoms with Crippen molar-refractivity contribution in [1.82, 2.24) is 5.32 Å². The predicted molar refractivity (Wildman–Crippen MR) is 71.8 cm³/mol. The molecule has 1 aromatic rings. The third-order valence-corrected chi connectivity index (χ3v) is 4.01. The van der Waals surface area contributed by atoms with Crippen LogP contribution < -0.4 is 5.32 Å². The van der Waals surface area contributed by atoms with Crippen molar-refractivity contribution in [3.8, 4) is 0 Å². The Morgan fingerprint density at radius 1 is 1.25 bits per heavy atom. The maximum Gasteiger partial charge on any atom is 0.325 e. The summed E-state index contributed by atoms with van der Waals surface area (Å²) in [6.07, 6.45) is 3.14. The third kappa shape index (κ3) is 2.66. The molecule has 0 saturated heterocycles. The van der Waals surface area contributed by atoms with E-state index in [2.05, 4.69) is 5.32 Å². The number of carboxylic acids is 1. The lowest BCUT2D eigenvalue weighted by molar-refractivity contribution is -0.142. The Hall–Kier alpha value is -1.91. The molecule has 1 atom stereocenters. The standard InChI is InChI=1S/C15H18FNO3/c1-10(13(18)19)17-14(20)15(8-2-3-9-15)11-4-6-12(16)7-5-11/h4-7,10H,2-3,8-9H2,1H3,(H,17,20)(H,18,19)/t10-/m0/s1. The SMILES string of the molecule is C[C@H](NC(=O)C1(c2ccc(F)cc2)CCCC1)C(=O)O. The Bertz CT molecular complexity index is 506. The molecule has 0 aliphatic heterocycles. The van der Waals surface area contributed by atoms with Crippen LogP contribution in [-0.2, 0) is 15.0 Å². The largest absolute Gasteiger partial charge is 0.480 e. The second kappa shape index (κ2) is 5.61. The third-order valence-electron chi connectivity index (χ3n) is 4.01. The van der Waals surface area contributed by atoms with Crippen molar-refractivity contribution in [2.24, 2.45) is 0 Å². The number of hydrogen-bond donors (Lipinski definition) is 2. The number of hydrogen-bond acceptors (Lipinski definition) is 2. The Labute approximate surface area is 117 Å². The molecular formula is C15H18FNO3. The van der Waals surface area contributed by atoms with E-state index in [1.165, 1.54) is 19.1 Å². The van der Waals surface area contributed by atoms with Crippen molar-refractivity contribution in [3.63, 3.8) is 0 Å². The second-order valence-electron chi connectivity index (χ2n) is 5.33. The van der Waals surface area contributed by atoms with Crippen molar-refractivity contribution in [1.29, 1.82) is 0 Å². The van der Waals surface area contributed by atoms with E-state index in [1.54, 1.807) is 12.1 Å². The summed E-state index contributed by atoms with van der Waals surface area (Å²) >= 11 is 0. The highest BCUT2D eigenvalue weighted by molar-refractivity contribution is 5.91. The monoisotopic (exact) mass is 279 g/mol. The number of benzene rings is 1. The Morgan fingerprint density at radius 2 is 1.80 bits per heavy atom. The average Bonchev–Trinajstić information content (AvgIpc) is 2.90. The van der Waals surface area contributed by atoms with Gasteiger partial charge in [-0.15, -0.1) is 0 Å². The number of carboxylic acid groups (broad SMARTS) is 1. The lowest BCUT2D eigenvalue weighted by Gasteiger charge is -2.29. The zero-order chi connectivity index (χ0) is 14.8. The summed E-state index contributed by atoms with van der Waals surface area (Å²) in [5, 5.41) is 11.4. The lowest BCUT2D eigenvalue weighted by atomic mass is 9.78. The van der Waals surface area contributed by atoms with Gasteiger partial charge in [-0.25, -0.2) is 4.39 Å². The molecular weight excluding hydrogens is 261 g/mol. The molecule has 1 saturated carbocycles. The van der Waals surface area contributed by atoms with Gasteiger partial charge in [-0.05, 0) is 37.5 Å². The van der Waals surface area contributed by atoms with Gasteiger partial charge in [0.2, 0.25) is 5.91 Å². The average molecular weight is 279 g/mol. The Morgan fingerprint density at radius 3 is 2.30 bits per heavy atom. The normalized spacial score (nSPS) is 18.5. The van der Waals surface area contributed by atoms with Gasteiger partial charge in [0.25, 0.3) is 0 Å². The molecule has 0 radical (unpaired) electrons. The summed E-state index contributed by atoms with van der Waals surface area (Å²) < 4.78 is 13.0. The number of rotatable bonds is 4. The summed E-state index contributed by atoms with van der Waals surface area (Å²) in [4.78, 5) is 23.4. The molecule has 1 aliphatic rings. The first-order chi connectivity index (χ1) is 9.45. The van der Waals surface area contributed by atoms with Crippen LogP contribution in [0, 0.1) is 5.82 Å². The number of carbonyl (C=O) groups is 2. The molecule has 2 rings (SSSR count). The van der Waals surface area contributed by atoms with Crippen LogP contribution in [0.1, 0.15) is 38.2 Å². The van der Waals surface area contributed by atoms with Crippen LogP contribution >= 0.6 is 0 Å². The van der Waals surface area contributed by atoms with Crippen LogP contribution in [0.4, 0.5) is 4.39 Å². The quantitative estimate of drug-likeness (QED) is 0.888. The molecule has 0 aromatic heterocycles. The lowest BCUT2D eigenvalue weighted by Crippen LogP contribution is -2.48. The van der Waals surface area contributed by atoms with Gasteiger partial charge in [0.1, 0.15) is 11.9 Å². The molecule has 2 N–H and O–H groups in total. The van der Waals surface area contributed by atoms with Crippen molar-refractivity contribution in [2.75, 3.05) is 0 Å². The van der Waals surface area contributed by atoms with E-state index in [4.69, 9.17) is 5.11 Å². The molecule has 4 nitrogen and oxygen atoms in total. The fraction of sp³-hybridized carbons (Fsp3) is 0.467. The number of halogens is 1. The number of carbonyl (C=O) groups excluding carboxylic acids is 1. The van der Waals surface area contributed by atoms with Crippen LogP contribution in [0.2, 0.25) is 0 Å². The molecule has 1 aromatic carbocycles. The molecule has 20 heavy (non-hydrogen) atoms. The fourth-order valence-corrected chi connectivity index (χ4v) is 2.79. The van der Waals surface area contributed by atoms with Crippen LogP contribution in [0.15, 0.2) is 24.3 Å². The fourth-order valence-electron chi connectivity index (χ4n) is 2.79. The highest BCUT2D eigenvalue weighted by Gasteiger charge is 2.43. The summed E-state index contributed by atoms with van der Waals surface area (Å²) in [6.45, 7) is 1.44. The van der Waals surface area contributed by atoms with E-state index in [0.717, 1.165) is 18.4 Å². The molecule has 1 fully saturated rings. The zero-order valence-corrected chi connectivity index (χ0v) is 11.4. The predicted octanol–water partition coefficient (Wildman–Crippen LogP) is 2.23. The topological polar surface area (TPSA) is 66.4 Å². The summed E-state index contributed by atoms with van der Waals surface area (Å²) in [6, 6.07) is 4.98. The van der Waals surface area contributed by atoms with Gasteiger partial charge >= 0.3 is 5.97 Å². The number of amides is 1. The molecule has 1 amide bonds. The van der Waals surface area contributed by atoms with Gasteiger partial charge in [-0.2, -0.15) is 0 Å². The highest BCUT2D eigenvalue weighted by atomic mass is 19.1. The molecule has 108 valence electrons. The maximum absolute atomic E-state index is 13.0. The van der Waals surface area contributed by atoms with E-state index in [0.29, 0.717) is 12.8 Å². The highest BCUT2D eigenvalue weighted by Crippen LogP contribution is 2.41. The van der Waals surface area contributed by atoms with Crippen molar-refractivity contribution >= 4 is 11.9 Å². The minimum atomic E-state index is -1.06. The van der Waals surface area contributed by atoms with Crippen LogP contribution in [0.25, 0.3) is 0 Å². The van der Waals surface area contributed by atoms with Crippen molar-refractivity contribution in [2.45, 2.75) is 44.1 Å². The van der Waals surface area contributed by atoms with Gasteiger partial charge in [-0.3, -0.25) is 9.59 Å². The van der Waals surface area contributed by atoms with Crippen LogP contribution in [-0.4, -0.2) is 23.0 Å². The Balaban J connectivity index is 2.28. The number of nitrogens with one attached hydrogen (secondary N) is 1. The van der Waals surface area contributed by atoms with E-state index in [-0.39, 0.29) is 11.7 Å². The van der Waals surface area contributed by atoms with Gasteiger partial charge in [0.15, 0.2) is 0 Å². The van der Waals surface area contributed by atoms with Gasteiger partial charge in [0, 0.05) is 0 Å². The molecule has 0 spiro atoms. The smallest absolute Gasteiger partial charge is 0.325 e. The summed E-state index contributed by atoms with van der Waals surface area (Å²) in [5.41, 5.74) is 0.0312. The molecule has 5 heteroatoms. The first-order valence-electron chi connectivity index (χ1n) is 6.75. The van der Waals surface area contributed by atoms with Crippen LogP contribution in [0.5, 0.6) is 0 Å². The minimum absolute atomic E-state index is 0.281. The molecule has 1 aliphatic carbocycles. The minimum Gasteiger partial charge on any atom is -0.480 e. The summed E-state index contributed by atoms with van der Waals surface area (Å²) in [5.74, 6) is -1.69. The first kappa shape index (κ1) is 14.5. The van der Waals surface area contributed by atoms with Crippen LogP contribution in [0.3, 0.4) is 0 Å². The molecule has 0 bridgehead atoms. The van der Waals surface area contributed by atoms with Gasteiger partial charge < -0.3 is 10.4 Å². The summed E-state index contributed by atoms with van der Waals surface area (Å²) in [7, 11) is 0. The molecule has 0 unspecified atom stereocenters. The van der Waals surface area contributed by atoms with Gasteiger partial charge in [0.05, 0.1) is 5.41 Å². The van der Waals surface area contributed by atoms with Crippen molar-refractivity contribution < 1.29 is 19.1 Å². The van der Waals surface area contributed by atoms with Gasteiger partial charge in [-0.1, -0.05) is 25.0 Å². The number of aliphatic carboxylic acids is 1. The van der Waals surface area contributed by atoms with E-state index in [1.807, 2.05) is 0 Å². The van der Waals surface area contributed by atoms with E-state index < -0.39 is 17.4 Å². The zero-order valence-electron chi connectivity index (χ0n) is 11.4. The van der Waals surface area contributed by atoms with E-state index in [9.17, 15) is 14.0 Å². The van der Waals surface area contributed by atoms with Crippen molar-refractivity contribution in [3.05, 3.63) is 35.6 Å².